The van der Waals surface area contributed by atoms with E-state index in [1.54, 1.807) is 12.2 Å². The predicted octanol–water partition coefficient (Wildman–Crippen LogP) is 3.48. The summed E-state index contributed by atoms with van der Waals surface area (Å²) >= 11 is 0. The fraction of sp³-hybridized carbons (Fsp3) is 0.800. The molecule has 0 spiro atoms. The van der Waals surface area contributed by atoms with Gasteiger partial charge in [0.1, 0.15) is 5.78 Å². The van der Waals surface area contributed by atoms with Gasteiger partial charge in [-0.1, -0.05) is 57.6 Å². The molecule has 5 nitrogen and oxygen atoms in total. The predicted molar refractivity (Wildman–Crippen MR) is 97.2 cm³/mol. The number of carboxylic acids is 1. The second-order valence-corrected chi connectivity index (χ2v) is 7.22. The molecule has 0 heterocycles. The minimum atomic E-state index is -0.764. The van der Waals surface area contributed by atoms with Crippen LogP contribution in [0, 0.1) is 11.8 Å². The van der Waals surface area contributed by atoms with Crippen LogP contribution in [-0.2, 0) is 9.59 Å². The minimum Gasteiger partial charge on any atom is -0.481 e. The minimum absolute atomic E-state index is 0.0559. The topological polar surface area (TPSA) is 94.8 Å². The zero-order chi connectivity index (χ0) is 18.7. The van der Waals surface area contributed by atoms with Crippen LogP contribution in [-0.4, -0.2) is 39.3 Å². The number of rotatable bonds is 13. The molecule has 0 saturated heterocycles. The van der Waals surface area contributed by atoms with Crippen molar-refractivity contribution in [1.29, 1.82) is 0 Å². The summed E-state index contributed by atoms with van der Waals surface area (Å²) in [5.74, 6) is -1.08. The Hall–Kier alpha value is -1.20. The zero-order valence-corrected chi connectivity index (χ0v) is 15.4. The Bertz CT molecular complexity index is 432. The number of hydrogen-bond donors (Lipinski definition) is 3. The first-order valence-electron chi connectivity index (χ1n) is 9.74. The van der Waals surface area contributed by atoms with Gasteiger partial charge in [-0.05, 0) is 25.2 Å². The highest BCUT2D eigenvalue weighted by Crippen LogP contribution is 2.34. The number of carbonyl (C=O) groups is 2. The second-order valence-electron chi connectivity index (χ2n) is 7.22. The number of carboxylic acid groups (broad SMARTS) is 1. The molecule has 144 valence electrons. The van der Waals surface area contributed by atoms with Gasteiger partial charge in [-0.25, -0.2) is 0 Å². The van der Waals surface area contributed by atoms with E-state index < -0.39 is 18.2 Å². The van der Waals surface area contributed by atoms with Crippen molar-refractivity contribution >= 4 is 11.8 Å². The summed E-state index contributed by atoms with van der Waals surface area (Å²) < 4.78 is 0. The highest BCUT2D eigenvalue weighted by Gasteiger charge is 2.39. The molecule has 0 aliphatic heterocycles. The van der Waals surface area contributed by atoms with Crippen molar-refractivity contribution in [2.24, 2.45) is 11.8 Å². The van der Waals surface area contributed by atoms with Crippen molar-refractivity contribution in [1.82, 2.24) is 0 Å². The van der Waals surface area contributed by atoms with Gasteiger partial charge in [0.2, 0.25) is 0 Å². The Morgan fingerprint density at radius 1 is 1.20 bits per heavy atom. The number of aliphatic hydroxyl groups excluding tert-OH is 2. The Labute approximate surface area is 151 Å². The monoisotopic (exact) mass is 354 g/mol. The molecule has 1 rings (SSSR count). The lowest BCUT2D eigenvalue weighted by molar-refractivity contribution is -0.137. The van der Waals surface area contributed by atoms with Crippen molar-refractivity contribution in [2.75, 3.05) is 0 Å². The molecule has 0 aromatic carbocycles. The smallest absolute Gasteiger partial charge is 0.303 e. The third-order valence-corrected chi connectivity index (χ3v) is 5.06. The van der Waals surface area contributed by atoms with Crippen LogP contribution in [0.4, 0.5) is 0 Å². The van der Waals surface area contributed by atoms with Crippen LogP contribution in [0.3, 0.4) is 0 Å². The molecule has 25 heavy (non-hydrogen) atoms. The molecule has 1 fully saturated rings. The highest BCUT2D eigenvalue weighted by molar-refractivity contribution is 5.85. The summed E-state index contributed by atoms with van der Waals surface area (Å²) in [6.45, 7) is 2.12. The van der Waals surface area contributed by atoms with Crippen molar-refractivity contribution in [3.05, 3.63) is 12.2 Å². The summed E-state index contributed by atoms with van der Waals surface area (Å²) in [7, 11) is 0. The van der Waals surface area contributed by atoms with E-state index in [1.807, 2.05) is 0 Å². The van der Waals surface area contributed by atoms with Crippen LogP contribution in [0.1, 0.15) is 77.6 Å². The lowest BCUT2D eigenvalue weighted by atomic mass is 9.88. The molecule has 1 saturated carbocycles. The number of unbranched alkanes of at least 4 members (excludes halogenated alkanes) is 5. The first kappa shape index (κ1) is 21.8. The molecule has 1 aliphatic rings. The number of aliphatic carboxylic acids is 1. The van der Waals surface area contributed by atoms with E-state index in [2.05, 4.69) is 6.92 Å². The molecule has 0 amide bonds. The Morgan fingerprint density at radius 2 is 1.92 bits per heavy atom. The van der Waals surface area contributed by atoms with E-state index in [-0.39, 0.29) is 30.5 Å². The van der Waals surface area contributed by atoms with E-state index in [0.29, 0.717) is 12.8 Å². The molecule has 1 aliphatic carbocycles. The van der Waals surface area contributed by atoms with Crippen molar-refractivity contribution < 1.29 is 24.9 Å². The maximum absolute atomic E-state index is 12.1. The molecule has 5 heteroatoms. The number of allylic oxidation sites excluding steroid dienone is 1. The summed E-state index contributed by atoms with van der Waals surface area (Å²) in [5.41, 5.74) is 0. The molecular weight excluding hydrogens is 320 g/mol. The standard InChI is InChI=1S/C20H34O5/c1-2-3-6-9-15(21)12-13-17-16(18(22)14-19(17)23)10-7-4-5-8-11-20(24)25/h12-13,15-18,21-22H,2-11,14H2,1H3,(H,24,25)/b13-12+/t15-,16+,17+,18+/m0/s1. The van der Waals surface area contributed by atoms with Crippen LogP contribution >= 0.6 is 0 Å². The SMILES string of the molecule is CCCCC[C@H](O)/C=C/[C@H]1C(=O)C[C@@H](O)[C@@H]1CCCCCCC(=O)O. The number of carbonyl (C=O) groups excluding carboxylic acids is 1. The average molecular weight is 354 g/mol. The first-order valence-corrected chi connectivity index (χ1v) is 9.74. The Kier molecular flexibility index (Phi) is 10.7. The summed E-state index contributed by atoms with van der Waals surface area (Å²) in [4.78, 5) is 22.6. The Morgan fingerprint density at radius 3 is 2.60 bits per heavy atom. The van der Waals surface area contributed by atoms with Crippen molar-refractivity contribution in [3.63, 3.8) is 0 Å². The van der Waals surface area contributed by atoms with E-state index in [9.17, 15) is 19.8 Å². The van der Waals surface area contributed by atoms with Gasteiger partial charge in [-0.2, -0.15) is 0 Å². The fourth-order valence-electron chi connectivity index (χ4n) is 3.55. The number of aliphatic hydroxyl groups is 2. The molecule has 0 bridgehead atoms. The zero-order valence-electron chi connectivity index (χ0n) is 15.4. The van der Waals surface area contributed by atoms with Gasteiger partial charge < -0.3 is 15.3 Å². The number of ketones is 1. The van der Waals surface area contributed by atoms with Gasteiger partial charge in [0, 0.05) is 18.8 Å². The average Bonchev–Trinajstić information content (AvgIpc) is 2.82. The van der Waals surface area contributed by atoms with E-state index in [4.69, 9.17) is 5.11 Å². The van der Waals surface area contributed by atoms with Gasteiger partial charge in [0.15, 0.2) is 0 Å². The second kappa shape index (κ2) is 12.2. The van der Waals surface area contributed by atoms with Gasteiger partial charge in [0.05, 0.1) is 12.2 Å². The molecule has 0 radical (unpaired) electrons. The maximum atomic E-state index is 12.1. The van der Waals surface area contributed by atoms with Crippen molar-refractivity contribution in [3.8, 4) is 0 Å². The maximum Gasteiger partial charge on any atom is 0.303 e. The normalized spacial score (nSPS) is 24.9. The van der Waals surface area contributed by atoms with E-state index >= 15 is 0 Å². The number of hydrogen-bond acceptors (Lipinski definition) is 4. The third-order valence-electron chi connectivity index (χ3n) is 5.06. The fourth-order valence-corrected chi connectivity index (χ4v) is 3.55. The van der Waals surface area contributed by atoms with Crippen LogP contribution < -0.4 is 0 Å². The highest BCUT2D eigenvalue weighted by atomic mass is 16.4. The summed E-state index contributed by atoms with van der Waals surface area (Å²) in [5, 5.41) is 28.7. The van der Waals surface area contributed by atoms with Crippen LogP contribution in [0.2, 0.25) is 0 Å². The molecule has 4 atom stereocenters. The van der Waals surface area contributed by atoms with Crippen LogP contribution in [0.5, 0.6) is 0 Å². The van der Waals surface area contributed by atoms with Gasteiger partial charge >= 0.3 is 5.97 Å². The van der Waals surface area contributed by atoms with Gasteiger partial charge in [0.25, 0.3) is 0 Å². The van der Waals surface area contributed by atoms with Crippen LogP contribution in [0.15, 0.2) is 12.2 Å². The largest absolute Gasteiger partial charge is 0.481 e. The number of Topliss-reactive ketones (excluding diaryl/α,β-unsaturated/α-hetero) is 1. The first-order chi connectivity index (χ1) is 12.0. The Balaban J connectivity index is 2.39. The lowest BCUT2D eigenvalue weighted by Crippen LogP contribution is -2.19. The molecular formula is C20H34O5. The molecule has 0 aromatic heterocycles. The summed E-state index contributed by atoms with van der Waals surface area (Å²) in [6.07, 6.45) is 10.8. The van der Waals surface area contributed by atoms with Gasteiger partial charge in [-0.3, -0.25) is 9.59 Å². The van der Waals surface area contributed by atoms with Crippen LogP contribution in [0.25, 0.3) is 0 Å². The summed E-state index contributed by atoms with van der Waals surface area (Å²) in [6, 6.07) is 0. The van der Waals surface area contributed by atoms with E-state index in [1.165, 1.54) is 0 Å². The molecule has 3 N–H and O–H groups in total. The molecule has 0 aromatic rings. The van der Waals surface area contributed by atoms with Crippen molar-refractivity contribution in [2.45, 2.75) is 89.8 Å². The van der Waals surface area contributed by atoms with Gasteiger partial charge in [-0.15, -0.1) is 0 Å². The van der Waals surface area contributed by atoms with E-state index in [0.717, 1.165) is 44.9 Å². The molecule has 0 unspecified atom stereocenters. The quantitative estimate of drug-likeness (QED) is 0.348. The lowest BCUT2D eigenvalue weighted by Gasteiger charge is -2.18. The third kappa shape index (κ3) is 8.63.